The van der Waals surface area contributed by atoms with Crippen molar-refractivity contribution in [1.29, 1.82) is 0 Å². The van der Waals surface area contributed by atoms with Gasteiger partial charge in [-0.1, -0.05) is 18.1 Å². The van der Waals surface area contributed by atoms with Crippen LogP contribution in [0.4, 0.5) is 11.4 Å². The highest BCUT2D eigenvalue weighted by Crippen LogP contribution is 2.22. The van der Waals surface area contributed by atoms with Gasteiger partial charge in [0.05, 0.1) is 11.5 Å². The third kappa shape index (κ3) is 2.20. The molecule has 0 saturated heterocycles. The van der Waals surface area contributed by atoms with E-state index in [9.17, 15) is 10.1 Å². The van der Waals surface area contributed by atoms with E-state index >= 15 is 0 Å². The average molecular weight is 176 g/mol. The number of rotatable bonds is 3. The molecule has 13 heavy (non-hydrogen) atoms. The van der Waals surface area contributed by atoms with Crippen molar-refractivity contribution in [3.8, 4) is 12.3 Å². The Morgan fingerprint density at radius 1 is 1.54 bits per heavy atom. The van der Waals surface area contributed by atoms with E-state index < -0.39 is 4.92 Å². The summed E-state index contributed by atoms with van der Waals surface area (Å²) in [6.07, 6.45) is 5.02. The lowest BCUT2D eigenvalue weighted by Gasteiger charge is -2.01. The van der Waals surface area contributed by atoms with Gasteiger partial charge in [0.1, 0.15) is 5.69 Å². The molecule has 0 aliphatic rings. The van der Waals surface area contributed by atoms with Crippen molar-refractivity contribution in [2.45, 2.75) is 0 Å². The highest BCUT2D eigenvalue weighted by atomic mass is 16.6. The number of anilines is 1. The maximum Gasteiger partial charge on any atom is 0.292 e. The van der Waals surface area contributed by atoms with Crippen molar-refractivity contribution < 1.29 is 4.92 Å². The third-order valence-electron chi connectivity index (χ3n) is 1.48. The second-order valence-corrected chi connectivity index (χ2v) is 2.33. The van der Waals surface area contributed by atoms with Gasteiger partial charge in [-0.3, -0.25) is 10.1 Å². The molecule has 0 heterocycles. The maximum atomic E-state index is 10.5. The van der Waals surface area contributed by atoms with Crippen LogP contribution in [0, 0.1) is 22.5 Å². The number of terminal acetylenes is 1. The summed E-state index contributed by atoms with van der Waals surface area (Å²) in [4.78, 5) is 10.1. The molecule has 66 valence electrons. The smallest absolute Gasteiger partial charge is 0.292 e. The number of hydrogen-bond acceptors (Lipinski definition) is 3. The lowest BCUT2D eigenvalue weighted by molar-refractivity contribution is -0.383. The van der Waals surface area contributed by atoms with Crippen LogP contribution in [0.3, 0.4) is 0 Å². The summed E-state index contributed by atoms with van der Waals surface area (Å²) >= 11 is 0. The lowest BCUT2D eigenvalue weighted by atomic mass is 10.2. The van der Waals surface area contributed by atoms with E-state index in [0.29, 0.717) is 5.69 Å². The van der Waals surface area contributed by atoms with E-state index in [-0.39, 0.29) is 12.2 Å². The second kappa shape index (κ2) is 4.12. The van der Waals surface area contributed by atoms with Crippen molar-refractivity contribution in [2.24, 2.45) is 0 Å². The van der Waals surface area contributed by atoms with Crippen molar-refractivity contribution in [1.82, 2.24) is 0 Å². The molecule has 0 saturated carbocycles. The Morgan fingerprint density at radius 2 is 2.23 bits per heavy atom. The Balaban J connectivity index is 2.92. The van der Waals surface area contributed by atoms with E-state index in [0.717, 1.165) is 0 Å². The standard InChI is InChI=1S/C9H8N2O2/c1-2-7-10-8-5-3-4-6-9(8)11(12)13/h1,3-6,10H,7H2. The molecule has 0 amide bonds. The zero-order valence-electron chi connectivity index (χ0n) is 6.86. The maximum absolute atomic E-state index is 10.5. The zero-order valence-corrected chi connectivity index (χ0v) is 6.86. The first-order valence-electron chi connectivity index (χ1n) is 3.66. The highest BCUT2D eigenvalue weighted by molar-refractivity contribution is 5.61. The van der Waals surface area contributed by atoms with Gasteiger partial charge in [0.2, 0.25) is 0 Å². The first-order valence-corrected chi connectivity index (χ1v) is 3.66. The van der Waals surface area contributed by atoms with Crippen LogP contribution in [0.15, 0.2) is 24.3 Å². The van der Waals surface area contributed by atoms with Gasteiger partial charge in [-0.15, -0.1) is 6.42 Å². The summed E-state index contributed by atoms with van der Waals surface area (Å²) in [5.74, 6) is 2.35. The number of para-hydroxylation sites is 2. The molecule has 0 aromatic heterocycles. The summed E-state index contributed by atoms with van der Waals surface area (Å²) < 4.78 is 0. The van der Waals surface area contributed by atoms with Gasteiger partial charge < -0.3 is 5.32 Å². The molecule has 0 atom stereocenters. The predicted molar refractivity (Wildman–Crippen MR) is 50.4 cm³/mol. The van der Waals surface area contributed by atoms with Crippen molar-refractivity contribution >= 4 is 11.4 Å². The number of nitro benzene ring substituents is 1. The fourth-order valence-electron chi connectivity index (χ4n) is 0.929. The Morgan fingerprint density at radius 3 is 2.85 bits per heavy atom. The third-order valence-corrected chi connectivity index (χ3v) is 1.48. The summed E-state index contributed by atoms with van der Waals surface area (Å²) in [6, 6.07) is 6.37. The van der Waals surface area contributed by atoms with Gasteiger partial charge in [-0.2, -0.15) is 0 Å². The lowest BCUT2D eigenvalue weighted by Crippen LogP contribution is -2.01. The van der Waals surface area contributed by atoms with Crippen LogP contribution in [0.1, 0.15) is 0 Å². The van der Waals surface area contributed by atoms with E-state index in [1.54, 1.807) is 18.2 Å². The number of nitrogens with zero attached hydrogens (tertiary/aromatic N) is 1. The summed E-state index contributed by atoms with van der Waals surface area (Å²) in [5, 5.41) is 13.3. The molecular formula is C9H8N2O2. The van der Waals surface area contributed by atoms with Gasteiger partial charge in [-0.25, -0.2) is 0 Å². The minimum Gasteiger partial charge on any atom is -0.369 e. The van der Waals surface area contributed by atoms with Crippen LogP contribution >= 0.6 is 0 Å². The summed E-state index contributed by atoms with van der Waals surface area (Å²) in [6.45, 7) is 0.283. The molecule has 0 spiro atoms. The molecule has 1 aromatic carbocycles. The molecular weight excluding hydrogens is 168 g/mol. The number of benzene rings is 1. The zero-order chi connectivity index (χ0) is 9.68. The van der Waals surface area contributed by atoms with Crippen LogP contribution in [-0.2, 0) is 0 Å². The Hall–Kier alpha value is -2.02. The van der Waals surface area contributed by atoms with Crippen LogP contribution in [0.5, 0.6) is 0 Å². The molecule has 4 heteroatoms. The Labute approximate surface area is 75.7 Å². The predicted octanol–water partition coefficient (Wildman–Crippen LogP) is 1.64. The van der Waals surface area contributed by atoms with E-state index in [1.165, 1.54) is 6.07 Å². The monoisotopic (exact) mass is 176 g/mol. The van der Waals surface area contributed by atoms with Crippen LogP contribution < -0.4 is 5.32 Å². The highest BCUT2D eigenvalue weighted by Gasteiger charge is 2.10. The van der Waals surface area contributed by atoms with E-state index in [2.05, 4.69) is 11.2 Å². The average Bonchev–Trinajstić information content (AvgIpc) is 2.15. The van der Waals surface area contributed by atoms with Crippen LogP contribution in [-0.4, -0.2) is 11.5 Å². The molecule has 0 aliphatic heterocycles. The van der Waals surface area contributed by atoms with Crippen molar-refractivity contribution in [3.05, 3.63) is 34.4 Å². The first kappa shape index (κ1) is 9.07. The quantitative estimate of drug-likeness (QED) is 0.432. The number of nitro groups is 1. The van der Waals surface area contributed by atoms with E-state index in [1.807, 2.05) is 0 Å². The van der Waals surface area contributed by atoms with Gasteiger partial charge in [0, 0.05) is 6.07 Å². The molecule has 1 rings (SSSR count). The summed E-state index contributed by atoms with van der Waals surface area (Å²) in [7, 11) is 0. The topological polar surface area (TPSA) is 55.2 Å². The molecule has 1 aromatic rings. The Kier molecular flexibility index (Phi) is 2.87. The number of hydrogen-bond donors (Lipinski definition) is 1. The summed E-state index contributed by atoms with van der Waals surface area (Å²) in [5.41, 5.74) is 0.489. The van der Waals surface area contributed by atoms with E-state index in [4.69, 9.17) is 6.42 Å². The first-order chi connectivity index (χ1) is 6.25. The van der Waals surface area contributed by atoms with Gasteiger partial charge in [0.25, 0.3) is 5.69 Å². The second-order valence-electron chi connectivity index (χ2n) is 2.33. The molecule has 4 nitrogen and oxygen atoms in total. The molecule has 1 N–H and O–H groups in total. The minimum absolute atomic E-state index is 0.0396. The SMILES string of the molecule is C#CCNc1ccccc1[N+](=O)[O-]. The van der Waals surface area contributed by atoms with Crippen molar-refractivity contribution in [3.63, 3.8) is 0 Å². The number of nitrogens with one attached hydrogen (secondary N) is 1. The van der Waals surface area contributed by atoms with Crippen LogP contribution in [0.2, 0.25) is 0 Å². The largest absolute Gasteiger partial charge is 0.369 e. The van der Waals surface area contributed by atoms with Gasteiger partial charge in [0.15, 0.2) is 0 Å². The van der Waals surface area contributed by atoms with Crippen molar-refractivity contribution in [2.75, 3.05) is 11.9 Å². The fraction of sp³-hybridized carbons (Fsp3) is 0.111. The minimum atomic E-state index is -0.446. The van der Waals surface area contributed by atoms with Gasteiger partial charge in [-0.05, 0) is 6.07 Å². The molecule has 0 bridgehead atoms. The normalized spacial score (nSPS) is 8.85. The fourth-order valence-corrected chi connectivity index (χ4v) is 0.929. The molecule has 0 radical (unpaired) electrons. The molecule has 0 unspecified atom stereocenters. The Bertz CT molecular complexity index is 355. The molecule has 0 aliphatic carbocycles. The van der Waals surface area contributed by atoms with Crippen LogP contribution in [0.25, 0.3) is 0 Å². The molecule has 0 fully saturated rings. The van der Waals surface area contributed by atoms with Gasteiger partial charge >= 0.3 is 0 Å².